The SMILES string of the molecule is Clc1ccc2c(c1)CCC2NC1CC2CCC1C2. The molecule has 0 heterocycles. The van der Waals surface area contributed by atoms with Gasteiger partial charge >= 0.3 is 0 Å². The number of halogens is 1. The third kappa shape index (κ3) is 1.80. The molecule has 2 saturated carbocycles. The maximum atomic E-state index is 6.07. The number of aryl methyl sites for hydroxylation is 1. The Morgan fingerprint density at radius 1 is 1.11 bits per heavy atom. The Labute approximate surface area is 114 Å². The molecule has 0 aromatic heterocycles. The summed E-state index contributed by atoms with van der Waals surface area (Å²) in [5, 5.41) is 4.83. The Morgan fingerprint density at radius 2 is 2.06 bits per heavy atom. The molecule has 0 radical (unpaired) electrons. The van der Waals surface area contributed by atoms with Gasteiger partial charge in [-0.15, -0.1) is 0 Å². The fourth-order valence-corrected chi connectivity index (χ4v) is 4.66. The molecule has 0 spiro atoms. The minimum atomic E-state index is 0.585. The Bertz CT molecular complexity index is 470. The van der Waals surface area contributed by atoms with E-state index in [9.17, 15) is 0 Å². The predicted molar refractivity (Wildman–Crippen MR) is 74.9 cm³/mol. The van der Waals surface area contributed by atoms with E-state index < -0.39 is 0 Å². The van der Waals surface area contributed by atoms with Crippen molar-refractivity contribution in [3.63, 3.8) is 0 Å². The van der Waals surface area contributed by atoms with Crippen LogP contribution in [0.4, 0.5) is 0 Å². The van der Waals surface area contributed by atoms with Crippen molar-refractivity contribution in [2.24, 2.45) is 11.8 Å². The zero-order chi connectivity index (χ0) is 12.1. The van der Waals surface area contributed by atoms with Gasteiger partial charge in [0.1, 0.15) is 0 Å². The molecule has 0 saturated heterocycles. The van der Waals surface area contributed by atoms with Gasteiger partial charge < -0.3 is 5.32 Å². The van der Waals surface area contributed by atoms with Crippen molar-refractivity contribution in [3.8, 4) is 0 Å². The smallest absolute Gasteiger partial charge is 0.0408 e. The van der Waals surface area contributed by atoms with Gasteiger partial charge in [0.15, 0.2) is 0 Å². The third-order valence-electron chi connectivity index (χ3n) is 5.34. The lowest BCUT2D eigenvalue weighted by atomic mass is 9.94. The number of hydrogen-bond donors (Lipinski definition) is 1. The van der Waals surface area contributed by atoms with E-state index in [0.717, 1.165) is 22.9 Å². The van der Waals surface area contributed by atoms with E-state index in [1.165, 1.54) is 49.7 Å². The maximum Gasteiger partial charge on any atom is 0.0408 e. The van der Waals surface area contributed by atoms with Crippen LogP contribution in [0.3, 0.4) is 0 Å². The second-order valence-corrected chi connectivity index (χ2v) is 6.82. The van der Waals surface area contributed by atoms with E-state index in [2.05, 4.69) is 17.4 Å². The molecule has 1 N–H and O–H groups in total. The lowest BCUT2D eigenvalue weighted by Gasteiger charge is -2.27. The molecule has 4 unspecified atom stereocenters. The quantitative estimate of drug-likeness (QED) is 0.845. The molecule has 1 aromatic carbocycles. The zero-order valence-corrected chi connectivity index (χ0v) is 11.4. The van der Waals surface area contributed by atoms with Crippen LogP contribution in [-0.2, 0) is 6.42 Å². The molecule has 96 valence electrons. The number of benzene rings is 1. The first-order valence-electron chi connectivity index (χ1n) is 7.34. The van der Waals surface area contributed by atoms with Crippen LogP contribution in [-0.4, -0.2) is 6.04 Å². The van der Waals surface area contributed by atoms with Gasteiger partial charge in [-0.05, 0) is 67.2 Å². The van der Waals surface area contributed by atoms with Crippen LogP contribution in [0, 0.1) is 11.8 Å². The summed E-state index contributed by atoms with van der Waals surface area (Å²) in [6.45, 7) is 0. The van der Waals surface area contributed by atoms with Gasteiger partial charge in [-0.25, -0.2) is 0 Å². The fraction of sp³-hybridized carbons (Fsp3) is 0.625. The summed E-state index contributed by atoms with van der Waals surface area (Å²) in [6.07, 6.45) is 8.29. The first-order chi connectivity index (χ1) is 8.79. The van der Waals surface area contributed by atoms with Crippen molar-refractivity contribution in [2.75, 3.05) is 0 Å². The second-order valence-electron chi connectivity index (χ2n) is 6.38. The van der Waals surface area contributed by atoms with Crippen molar-refractivity contribution < 1.29 is 0 Å². The number of fused-ring (bicyclic) bond motifs is 3. The Balaban J connectivity index is 1.51. The molecular weight excluding hydrogens is 242 g/mol. The summed E-state index contributed by atoms with van der Waals surface area (Å²) < 4.78 is 0. The minimum absolute atomic E-state index is 0.585. The summed E-state index contributed by atoms with van der Waals surface area (Å²) in [5.74, 6) is 1.99. The van der Waals surface area contributed by atoms with Crippen LogP contribution in [0.2, 0.25) is 5.02 Å². The number of hydrogen-bond acceptors (Lipinski definition) is 1. The molecule has 3 aliphatic carbocycles. The average Bonchev–Trinajstić information content (AvgIpc) is 3.04. The summed E-state index contributed by atoms with van der Waals surface area (Å²) in [7, 11) is 0. The van der Waals surface area contributed by atoms with Crippen LogP contribution < -0.4 is 5.32 Å². The van der Waals surface area contributed by atoms with Crippen molar-refractivity contribution in [1.82, 2.24) is 5.32 Å². The highest BCUT2D eigenvalue weighted by Gasteiger charge is 2.40. The van der Waals surface area contributed by atoms with Crippen molar-refractivity contribution in [2.45, 2.75) is 50.6 Å². The maximum absolute atomic E-state index is 6.07. The molecule has 1 aromatic rings. The van der Waals surface area contributed by atoms with E-state index in [0.29, 0.717) is 6.04 Å². The Kier molecular flexibility index (Phi) is 2.67. The van der Waals surface area contributed by atoms with Crippen molar-refractivity contribution in [1.29, 1.82) is 0 Å². The summed E-state index contributed by atoms with van der Waals surface area (Å²) in [6, 6.07) is 7.80. The van der Waals surface area contributed by atoms with Crippen molar-refractivity contribution >= 4 is 11.6 Å². The molecule has 2 fully saturated rings. The first-order valence-corrected chi connectivity index (χ1v) is 7.72. The van der Waals surface area contributed by atoms with Crippen LogP contribution >= 0.6 is 11.6 Å². The molecule has 0 aliphatic heterocycles. The topological polar surface area (TPSA) is 12.0 Å². The normalized spacial score (nSPS) is 37.2. The highest BCUT2D eigenvalue weighted by Crippen LogP contribution is 2.46. The zero-order valence-electron chi connectivity index (χ0n) is 10.7. The average molecular weight is 262 g/mol. The molecule has 4 atom stereocenters. The third-order valence-corrected chi connectivity index (χ3v) is 5.57. The lowest BCUT2D eigenvalue weighted by Crippen LogP contribution is -2.36. The molecular formula is C16H20ClN. The molecule has 1 nitrogen and oxygen atoms in total. The highest BCUT2D eigenvalue weighted by molar-refractivity contribution is 6.30. The van der Waals surface area contributed by atoms with Gasteiger partial charge in [-0.1, -0.05) is 24.1 Å². The van der Waals surface area contributed by atoms with Gasteiger partial charge in [-0.2, -0.15) is 0 Å². The van der Waals surface area contributed by atoms with E-state index >= 15 is 0 Å². The van der Waals surface area contributed by atoms with Gasteiger partial charge in [0.05, 0.1) is 0 Å². The van der Waals surface area contributed by atoms with Gasteiger partial charge in [0, 0.05) is 17.1 Å². The van der Waals surface area contributed by atoms with E-state index in [1.54, 1.807) is 0 Å². The van der Waals surface area contributed by atoms with E-state index in [4.69, 9.17) is 11.6 Å². The summed E-state index contributed by atoms with van der Waals surface area (Å²) >= 11 is 6.07. The number of nitrogens with one attached hydrogen (secondary N) is 1. The highest BCUT2D eigenvalue weighted by atomic mass is 35.5. The Hall–Kier alpha value is -0.530. The van der Waals surface area contributed by atoms with Crippen LogP contribution in [0.15, 0.2) is 18.2 Å². The van der Waals surface area contributed by atoms with Gasteiger partial charge in [-0.3, -0.25) is 0 Å². The minimum Gasteiger partial charge on any atom is -0.307 e. The fourth-order valence-electron chi connectivity index (χ4n) is 4.47. The predicted octanol–water partition coefficient (Wildman–Crippen LogP) is 4.11. The van der Waals surface area contributed by atoms with Gasteiger partial charge in [0.25, 0.3) is 0 Å². The van der Waals surface area contributed by atoms with E-state index in [1.807, 2.05) is 6.07 Å². The van der Waals surface area contributed by atoms with Crippen LogP contribution in [0.5, 0.6) is 0 Å². The largest absolute Gasteiger partial charge is 0.307 e. The monoisotopic (exact) mass is 261 g/mol. The molecule has 2 bridgehead atoms. The molecule has 4 rings (SSSR count). The van der Waals surface area contributed by atoms with Crippen LogP contribution in [0.1, 0.15) is 49.3 Å². The number of rotatable bonds is 2. The molecule has 18 heavy (non-hydrogen) atoms. The van der Waals surface area contributed by atoms with Crippen LogP contribution in [0.25, 0.3) is 0 Å². The standard InChI is InChI=1S/C16H20ClN/c17-13-4-5-14-11(9-13)3-6-15(14)18-16-8-10-1-2-12(16)7-10/h4-5,9-10,12,15-16,18H,1-3,6-8H2. The molecule has 2 heteroatoms. The molecule has 3 aliphatic rings. The lowest BCUT2D eigenvalue weighted by molar-refractivity contribution is 0.318. The van der Waals surface area contributed by atoms with Crippen molar-refractivity contribution in [3.05, 3.63) is 34.3 Å². The second kappa shape index (κ2) is 4.25. The Morgan fingerprint density at radius 3 is 2.83 bits per heavy atom. The van der Waals surface area contributed by atoms with E-state index in [-0.39, 0.29) is 0 Å². The summed E-state index contributed by atoms with van der Waals surface area (Å²) in [4.78, 5) is 0. The summed E-state index contributed by atoms with van der Waals surface area (Å²) in [5.41, 5.74) is 2.96. The first kappa shape index (κ1) is 11.3. The van der Waals surface area contributed by atoms with Gasteiger partial charge in [0.2, 0.25) is 0 Å². The molecule has 0 amide bonds.